The highest BCUT2D eigenvalue weighted by Crippen LogP contribution is 2.23. The number of carboxylic acid groups (broad SMARTS) is 1. The summed E-state index contributed by atoms with van der Waals surface area (Å²) < 4.78 is 0. The molecule has 0 amide bonds. The third kappa shape index (κ3) is 4.51. The van der Waals surface area contributed by atoms with Crippen molar-refractivity contribution in [2.75, 3.05) is 0 Å². The molecule has 5 nitrogen and oxygen atoms in total. The van der Waals surface area contributed by atoms with Crippen LogP contribution in [0.25, 0.3) is 0 Å². The van der Waals surface area contributed by atoms with E-state index in [2.05, 4.69) is 22.8 Å². The standard InChI is InChI=1S/C15H21N3O2S2/c1-9-5-3-4-6-11(9)16-15(21)18-17-10(2)12-7-8-13(22-12)14(19)20/h7-9,11H,3-6H2,1-2H3,(H,19,20)(H2,16,18,21)/b17-10-/t9-,11+/m0/s1. The van der Waals surface area contributed by atoms with Crippen LogP contribution in [0.5, 0.6) is 0 Å². The van der Waals surface area contributed by atoms with E-state index >= 15 is 0 Å². The summed E-state index contributed by atoms with van der Waals surface area (Å²) in [5, 5.41) is 17.0. The third-order valence-corrected chi connectivity index (χ3v) is 5.32. The maximum Gasteiger partial charge on any atom is 0.345 e. The zero-order chi connectivity index (χ0) is 16.1. The van der Waals surface area contributed by atoms with Crippen LogP contribution in [-0.2, 0) is 0 Å². The minimum atomic E-state index is -0.916. The summed E-state index contributed by atoms with van der Waals surface area (Å²) in [4.78, 5) is 12.0. The Morgan fingerprint density at radius 3 is 2.68 bits per heavy atom. The summed E-state index contributed by atoms with van der Waals surface area (Å²) in [5.74, 6) is -0.297. The Balaban J connectivity index is 1.89. The maximum absolute atomic E-state index is 10.9. The average Bonchev–Trinajstić information content (AvgIpc) is 2.97. The normalized spacial score (nSPS) is 22.2. The second-order valence-electron chi connectivity index (χ2n) is 5.62. The first-order valence-electron chi connectivity index (χ1n) is 7.41. The van der Waals surface area contributed by atoms with Gasteiger partial charge in [0.05, 0.1) is 10.6 Å². The fraction of sp³-hybridized carbons (Fsp3) is 0.533. The lowest BCUT2D eigenvalue weighted by Gasteiger charge is -2.30. The van der Waals surface area contributed by atoms with Gasteiger partial charge in [-0.3, -0.25) is 5.43 Å². The Bertz CT molecular complexity index is 583. The monoisotopic (exact) mass is 339 g/mol. The summed E-state index contributed by atoms with van der Waals surface area (Å²) >= 11 is 6.49. The Morgan fingerprint density at radius 1 is 1.36 bits per heavy atom. The number of hydrogen-bond donors (Lipinski definition) is 3. The highest BCUT2D eigenvalue weighted by atomic mass is 32.1. The lowest BCUT2D eigenvalue weighted by atomic mass is 9.86. The molecule has 1 aromatic heterocycles. The first-order chi connectivity index (χ1) is 10.5. The van der Waals surface area contributed by atoms with E-state index in [-0.39, 0.29) is 0 Å². The van der Waals surface area contributed by atoms with Gasteiger partial charge in [-0.1, -0.05) is 19.8 Å². The van der Waals surface area contributed by atoms with Gasteiger partial charge in [0.1, 0.15) is 4.88 Å². The Hall–Kier alpha value is -1.47. The molecule has 2 rings (SSSR count). The predicted molar refractivity (Wildman–Crippen MR) is 93.8 cm³/mol. The maximum atomic E-state index is 10.9. The van der Waals surface area contributed by atoms with Crippen LogP contribution in [-0.4, -0.2) is 27.9 Å². The van der Waals surface area contributed by atoms with E-state index in [4.69, 9.17) is 17.3 Å². The highest BCUT2D eigenvalue weighted by Gasteiger charge is 2.21. The summed E-state index contributed by atoms with van der Waals surface area (Å²) in [5.41, 5.74) is 3.58. The molecule has 120 valence electrons. The second kappa shape index (κ2) is 7.69. The number of thiophene rings is 1. The van der Waals surface area contributed by atoms with Crippen LogP contribution in [0.1, 0.15) is 54.1 Å². The van der Waals surface area contributed by atoms with Gasteiger partial charge < -0.3 is 10.4 Å². The summed E-state index contributed by atoms with van der Waals surface area (Å²) in [7, 11) is 0. The smallest absolute Gasteiger partial charge is 0.345 e. The van der Waals surface area contributed by atoms with Gasteiger partial charge in [-0.2, -0.15) is 5.10 Å². The molecular formula is C15H21N3O2S2. The number of carbonyl (C=O) groups is 1. The van der Waals surface area contributed by atoms with Crippen molar-refractivity contribution in [1.82, 2.24) is 10.7 Å². The quantitative estimate of drug-likeness (QED) is 0.446. The second-order valence-corrected chi connectivity index (χ2v) is 7.11. The van der Waals surface area contributed by atoms with Gasteiger partial charge in [-0.25, -0.2) is 4.79 Å². The molecule has 22 heavy (non-hydrogen) atoms. The minimum absolute atomic E-state index is 0.307. The molecule has 0 spiro atoms. The first kappa shape index (κ1) is 16.9. The van der Waals surface area contributed by atoms with Crippen molar-refractivity contribution in [1.29, 1.82) is 0 Å². The van der Waals surface area contributed by atoms with E-state index in [1.54, 1.807) is 12.1 Å². The molecule has 3 N–H and O–H groups in total. The van der Waals surface area contributed by atoms with E-state index in [0.717, 1.165) is 17.0 Å². The van der Waals surface area contributed by atoms with Crippen molar-refractivity contribution in [2.45, 2.75) is 45.6 Å². The molecule has 0 saturated heterocycles. The molecule has 7 heteroatoms. The molecule has 1 saturated carbocycles. The molecule has 2 atom stereocenters. The summed E-state index contributed by atoms with van der Waals surface area (Å²) in [6.45, 7) is 4.07. The molecule has 1 aliphatic rings. The van der Waals surface area contributed by atoms with E-state index in [1.165, 1.54) is 30.6 Å². The molecule has 0 aliphatic heterocycles. The van der Waals surface area contributed by atoms with Gasteiger partial charge in [0.25, 0.3) is 0 Å². The van der Waals surface area contributed by atoms with Crippen LogP contribution in [0.15, 0.2) is 17.2 Å². The Kier molecular flexibility index (Phi) is 5.90. The van der Waals surface area contributed by atoms with Crippen LogP contribution in [0, 0.1) is 5.92 Å². The largest absolute Gasteiger partial charge is 0.477 e. The molecular weight excluding hydrogens is 318 g/mol. The van der Waals surface area contributed by atoms with Gasteiger partial charge in [0, 0.05) is 6.04 Å². The fourth-order valence-electron chi connectivity index (χ4n) is 2.57. The molecule has 0 bridgehead atoms. The molecule has 0 unspecified atom stereocenters. The first-order valence-corrected chi connectivity index (χ1v) is 8.64. The number of carboxylic acids is 1. The molecule has 0 aromatic carbocycles. The van der Waals surface area contributed by atoms with Crippen molar-refractivity contribution in [3.05, 3.63) is 21.9 Å². The van der Waals surface area contributed by atoms with Crippen LogP contribution >= 0.6 is 23.6 Å². The average molecular weight is 339 g/mol. The van der Waals surface area contributed by atoms with Crippen LogP contribution < -0.4 is 10.7 Å². The van der Waals surface area contributed by atoms with Crippen LogP contribution in [0.4, 0.5) is 0 Å². The van der Waals surface area contributed by atoms with Gasteiger partial charge in [-0.05, 0) is 50.0 Å². The molecule has 1 heterocycles. The van der Waals surface area contributed by atoms with E-state index in [9.17, 15) is 4.79 Å². The van der Waals surface area contributed by atoms with Crippen LogP contribution in [0.3, 0.4) is 0 Å². The third-order valence-electron chi connectivity index (χ3n) is 3.93. The van der Waals surface area contributed by atoms with Crippen molar-refractivity contribution >= 4 is 40.3 Å². The number of hydrogen-bond acceptors (Lipinski definition) is 4. The van der Waals surface area contributed by atoms with Gasteiger partial charge in [-0.15, -0.1) is 11.3 Å². The Morgan fingerprint density at radius 2 is 2.05 bits per heavy atom. The van der Waals surface area contributed by atoms with Gasteiger partial charge in [0.15, 0.2) is 5.11 Å². The van der Waals surface area contributed by atoms with E-state index in [1.807, 2.05) is 6.92 Å². The minimum Gasteiger partial charge on any atom is -0.477 e. The van der Waals surface area contributed by atoms with Crippen molar-refractivity contribution in [2.24, 2.45) is 11.0 Å². The number of aromatic carboxylic acids is 1. The van der Waals surface area contributed by atoms with Gasteiger partial charge in [0.2, 0.25) is 0 Å². The molecule has 1 fully saturated rings. The van der Waals surface area contributed by atoms with E-state index < -0.39 is 5.97 Å². The molecule has 1 aromatic rings. The number of hydrazone groups is 1. The predicted octanol–water partition coefficient (Wildman–Crippen LogP) is 3.21. The van der Waals surface area contributed by atoms with Crippen molar-refractivity contribution in [3.63, 3.8) is 0 Å². The molecule has 0 radical (unpaired) electrons. The summed E-state index contributed by atoms with van der Waals surface area (Å²) in [6, 6.07) is 3.75. The highest BCUT2D eigenvalue weighted by molar-refractivity contribution is 7.80. The number of rotatable bonds is 4. The SMILES string of the molecule is C/C(=N/NC(=S)N[C@@H]1CCCC[C@@H]1C)c1ccc(C(=O)O)s1. The summed E-state index contributed by atoms with van der Waals surface area (Å²) in [6.07, 6.45) is 4.90. The molecule has 1 aliphatic carbocycles. The number of nitrogens with one attached hydrogen (secondary N) is 2. The Labute approximate surface area is 139 Å². The number of thiocarbonyl (C=S) groups is 1. The topological polar surface area (TPSA) is 73.7 Å². The zero-order valence-electron chi connectivity index (χ0n) is 12.8. The van der Waals surface area contributed by atoms with Crippen molar-refractivity contribution in [3.8, 4) is 0 Å². The van der Waals surface area contributed by atoms with Gasteiger partial charge >= 0.3 is 5.97 Å². The van der Waals surface area contributed by atoms with Crippen LogP contribution in [0.2, 0.25) is 0 Å². The fourth-order valence-corrected chi connectivity index (χ4v) is 3.56. The number of nitrogens with zero attached hydrogens (tertiary/aromatic N) is 1. The zero-order valence-corrected chi connectivity index (χ0v) is 14.4. The lowest BCUT2D eigenvalue weighted by Crippen LogP contribution is -2.44. The van der Waals surface area contributed by atoms with E-state index in [0.29, 0.717) is 21.9 Å². The van der Waals surface area contributed by atoms with Crippen molar-refractivity contribution < 1.29 is 9.90 Å². The lowest BCUT2D eigenvalue weighted by molar-refractivity contribution is 0.0702.